The molecule has 1 atom stereocenters. The molecule has 0 spiro atoms. The zero-order valence-corrected chi connectivity index (χ0v) is 14.7. The number of thiazole rings is 1. The van der Waals surface area contributed by atoms with E-state index in [9.17, 15) is 9.90 Å². The normalized spacial score (nSPS) is 16.0. The number of aliphatic hydroxyl groups is 1. The minimum Gasteiger partial charge on any atom is -0.396 e. The Bertz CT molecular complexity index is 701. The maximum absolute atomic E-state index is 12.8. The summed E-state index contributed by atoms with van der Waals surface area (Å²) in [6.07, 6.45) is 2.53. The van der Waals surface area contributed by atoms with E-state index in [1.54, 1.807) is 16.8 Å². The van der Waals surface area contributed by atoms with Crippen LogP contribution in [-0.2, 0) is 13.0 Å². The van der Waals surface area contributed by atoms with Crippen molar-refractivity contribution >= 4 is 17.4 Å². The molecular weight excluding hydrogens is 322 g/mol. The number of carbonyl (C=O) groups excluding carboxylic acids is 1. The molecule has 0 unspecified atom stereocenters. The molecule has 1 heterocycles. The van der Waals surface area contributed by atoms with E-state index in [0.29, 0.717) is 19.5 Å². The molecule has 6 heteroatoms. The van der Waals surface area contributed by atoms with Crippen LogP contribution in [0.2, 0.25) is 0 Å². The van der Waals surface area contributed by atoms with Gasteiger partial charge < -0.3 is 15.3 Å². The second kappa shape index (κ2) is 7.77. The molecule has 128 valence electrons. The first-order valence-electron chi connectivity index (χ1n) is 8.32. The van der Waals surface area contributed by atoms with Crippen LogP contribution < -0.4 is 5.32 Å². The van der Waals surface area contributed by atoms with Gasteiger partial charge in [-0.3, -0.25) is 0 Å². The van der Waals surface area contributed by atoms with Crippen LogP contribution in [0, 0.1) is 6.92 Å². The molecule has 0 fully saturated rings. The Labute approximate surface area is 146 Å². The smallest absolute Gasteiger partial charge is 0.318 e. The fourth-order valence-electron chi connectivity index (χ4n) is 3.25. The molecule has 0 bridgehead atoms. The number of aliphatic hydroxyl groups excluding tert-OH is 1. The summed E-state index contributed by atoms with van der Waals surface area (Å²) in [6.45, 7) is 3.10. The first kappa shape index (κ1) is 16.9. The minimum absolute atomic E-state index is 0.0713. The predicted molar refractivity (Wildman–Crippen MR) is 95.0 cm³/mol. The van der Waals surface area contributed by atoms with Gasteiger partial charge in [-0.25, -0.2) is 9.78 Å². The minimum atomic E-state index is -0.0713. The molecule has 3 rings (SSSR count). The van der Waals surface area contributed by atoms with Crippen molar-refractivity contribution in [3.63, 3.8) is 0 Å². The van der Waals surface area contributed by atoms with Gasteiger partial charge in [-0.15, -0.1) is 11.3 Å². The van der Waals surface area contributed by atoms with Crippen molar-refractivity contribution in [1.29, 1.82) is 0 Å². The summed E-state index contributed by atoms with van der Waals surface area (Å²) in [6, 6.07) is 8.34. The third-order valence-corrected chi connectivity index (χ3v) is 5.48. The van der Waals surface area contributed by atoms with Gasteiger partial charge >= 0.3 is 6.03 Å². The summed E-state index contributed by atoms with van der Waals surface area (Å²) in [5, 5.41) is 12.2. The van der Waals surface area contributed by atoms with Gasteiger partial charge in [0.25, 0.3) is 0 Å². The lowest BCUT2D eigenvalue weighted by molar-refractivity contribution is 0.164. The first-order chi connectivity index (χ1) is 11.7. The van der Waals surface area contributed by atoms with Crippen LogP contribution in [0.25, 0.3) is 0 Å². The Balaban J connectivity index is 1.72. The largest absolute Gasteiger partial charge is 0.396 e. The number of aryl methyl sites for hydroxylation is 2. The standard InChI is InChI=1S/C18H23N3O2S/c1-13-17(24-12-20-13)11-19-18(23)21(9-4-10-22)16-8-7-14-5-2-3-6-15(14)16/h2-3,5-6,12,16,22H,4,7-11H2,1H3,(H,19,23)/t16-/m1/s1. The van der Waals surface area contributed by atoms with Crippen molar-refractivity contribution in [2.24, 2.45) is 0 Å². The van der Waals surface area contributed by atoms with Crippen LogP contribution >= 0.6 is 11.3 Å². The van der Waals surface area contributed by atoms with E-state index in [2.05, 4.69) is 22.4 Å². The molecule has 5 nitrogen and oxygen atoms in total. The lowest BCUT2D eigenvalue weighted by Gasteiger charge is -2.30. The highest BCUT2D eigenvalue weighted by Gasteiger charge is 2.30. The van der Waals surface area contributed by atoms with Crippen LogP contribution in [0.4, 0.5) is 4.79 Å². The van der Waals surface area contributed by atoms with E-state index < -0.39 is 0 Å². The highest BCUT2D eigenvalue weighted by molar-refractivity contribution is 7.09. The summed E-state index contributed by atoms with van der Waals surface area (Å²) >= 11 is 1.56. The highest BCUT2D eigenvalue weighted by Crippen LogP contribution is 2.35. The number of nitrogens with one attached hydrogen (secondary N) is 1. The number of amides is 2. The van der Waals surface area contributed by atoms with E-state index in [-0.39, 0.29) is 18.7 Å². The molecule has 2 aromatic rings. The van der Waals surface area contributed by atoms with Gasteiger partial charge in [0, 0.05) is 18.0 Å². The fourth-order valence-corrected chi connectivity index (χ4v) is 3.97. The molecule has 2 amide bonds. The highest BCUT2D eigenvalue weighted by atomic mass is 32.1. The number of nitrogens with zero attached hydrogens (tertiary/aromatic N) is 2. The van der Waals surface area contributed by atoms with Crippen LogP contribution in [0.15, 0.2) is 29.8 Å². The van der Waals surface area contributed by atoms with Crippen LogP contribution in [0.5, 0.6) is 0 Å². The number of aromatic nitrogens is 1. The molecule has 0 radical (unpaired) electrons. The van der Waals surface area contributed by atoms with Crippen molar-refractivity contribution < 1.29 is 9.90 Å². The Kier molecular flexibility index (Phi) is 5.48. The Morgan fingerprint density at radius 3 is 3.04 bits per heavy atom. The molecular formula is C18H23N3O2S. The SMILES string of the molecule is Cc1ncsc1CNC(=O)N(CCCO)[C@@H]1CCc2ccccc21. The summed E-state index contributed by atoms with van der Waals surface area (Å²) in [5.41, 5.74) is 5.32. The Morgan fingerprint density at radius 1 is 1.46 bits per heavy atom. The lowest BCUT2D eigenvalue weighted by atomic mass is 10.1. The number of carbonyl (C=O) groups is 1. The molecule has 1 aromatic heterocycles. The number of hydrogen-bond acceptors (Lipinski definition) is 4. The molecule has 2 N–H and O–H groups in total. The van der Waals surface area contributed by atoms with E-state index in [1.807, 2.05) is 24.0 Å². The Hall–Kier alpha value is -1.92. The van der Waals surface area contributed by atoms with E-state index in [1.165, 1.54) is 11.1 Å². The molecule has 0 aliphatic heterocycles. The van der Waals surface area contributed by atoms with Gasteiger partial charge in [-0.05, 0) is 37.3 Å². The lowest BCUT2D eigenvalue weighted by Crippen LogP contribution is -2.42. The number of fused-ring (bicyclic) bond motifs is 1. The van der Waals surface area contributed by atoms with Crippen molar-refractivity contribution in [2.45, 2.75) is 38.8 Å². The van der Waals surface area contributed by atoms with Gasteiger partial charge in [0.1, 0.15) is 0 Å². The Morgan fingerprint density at radius 2 is 2.29 bits per heavy atom. The van der Waals surface area contributed by atoms with Gasteiger partial charge in [-0.2, -0.15) is 0 Å². The molecule has 1 aromatic carbocycles. The summed E-state index contributed by atoms with van der Waals surface area (Å²) in [7, 11) is 0. The average molecular weight is 345 g/mol. The first-order valence-corrected chi connectivity index (χ1v) is 9.20. The number of urea groups is 1. The second-order valence-electron chi connectivity index (χ2n) is 6.04. The third kappa shape index (κ3) is 3.60. The molecule has 1 aliphatic carbocycles. The van der Waals surface area contributed by atoms with Crippen molar-refractivity contribution in [2.75, 3.05) is 13.2 Å². The van der Waals surface area contributed by atoms with E-state index >= 15 is 0 Å². The molecule has 0 saturated heterocycles. The maximum Gasteiger partial charge on any atom is 0.318 e. The quantitative estimate of drug-likeness (QED) is 0.846. The number of benzene rings is 1. The van der Waals surface area contributed by atoms with E-state index in [0.717, 1.165) is 23.4 Å². The monoisotopic (exact) mass is 345 g/mol. The fraction of sp³-hybridized carbons (Fsp3) is 0.444. The topological polar surface area (TPSA) is 65.5 Å². The molecule has 1 aliphatic rings. The van der Waals surface area contributed by atoms with Gasteiger partial charge in [0.05, 0.1) is 23.8 Å². The number of rotatable bonds is 6. The second-order valence-corrected chi connectivity index (χ2v) is 6.98. The molecule has 0 saturated carbocycles. The van der Waals surface area contributed by atoms with Crippen molar-refractivity contribution in [3.8, 4) is 0 Å². The summed E-state index contributed by atoms with van der Waals surface area (Å²) in [4.78, 5) is 19.9. The predicted octanol–water partition coefficient (Wildman–Crippen LogP) is 3.03. The van der Waals surface area contributed by atoms with Gasteiger partial charge in [0.2, 0.25) is 0 Å². The summed E-state index contributed by atoms with van der Waals surface area (Å²) in [5.74, 6) is 0. The number of hydrogen-bond donors (Lipinski definition) is 2. The molecule has 24 heavy (non-hydrogen) atoms. The van der Waals surface area contributed by atoms with Crippen LogP contribution in [0.1, 0.15) is 40.6 Å². The van der Waals surface area contributed by atoms with Crippen LogP contribution in [-0.4, -0.2) is 34.2 Å². The van der Waals surface area contributed by atoms with Crippen molar-refractivity contribution in [1.82, 2.24) is 15.2 Å². The summed E-state index contributed by atoms with van der Waals surface area (Å²) < 4.78 is 0. The third-order valence-electron chi connectivity index (χ3n) is 4.54. The van der Waals surface area contributed by atoms with Gasteiger partial charge in [-0.1, -0.05) is 24.3 Å². The van der Waals surface area contributed by atoms with E-state index in [4.69, 9.17) is 0 Å². The maximum atomic E-state index is 12.8. The van der Waals surface area contributed by atoms with Crippen molar-refractivity contribution in [3.05, 3.63) is 51.5 Å². The average Bonchev–Trinajstić information content (AvgIpc) is 3.20. The van der Waals surface area contributed by atoms with Crippen LogP contribution in [0.3, 0.4) is 0 Å². The zero-order chi connectivity index (χ0) is 16.9. The van der Waals surface area contributed by atoms with Gasteiger partial charge in [0.15, 0.2) is 0 Å². The zero-order valence-electron chi connectivity index (χ0n) is 13.9.